The maximum absolute atomic E-state index is 10.9. The van der Waals surface area contributed by atoms with Crippen molar-refractivity contribution in [2.24, 2.45) is 0 Å². The van der Waals surface area contributed by atoms with E-state index in [0.29, 0.717) is 6.42 Å². The van der Waals surface area contributed by atoms with E-state index >= 15 is 0 Å². The van der Waals surface area contributed by atoms with Crippen molar-refractivity contribution in [2.45, 2.75) is 27.2 Å². The Morgan fingerprint density at radius 2 is 2.06 bits per heavy atom. The molecule has 0 saturated carbocycles. The SMILES string of the molecule is C.CC(=O)CCc1cccc(-c2ccco2)c1. The minimum Gasteiger partial charge on any atom is -0.464 e. The van der Waals surface area contributed by atoms with Gasteiger partial charge in [0.2, 0.25) is 0 Å². The van der Waals surface area contributed by atoms with Crippen molar-refractivity contribution in [2.75, 3.05) is 0 Å². The molecule has 17 heavy (non-hydrogen) atoms. The quantitative estimate of drug-likeness (QED) is 0.791. The van der Waals surface area contributed by atoms with Gasteiger partial charge >= 0.3 is 0 Å². The summed E-state index contributed by atoms with van der Waals surface area (Å²) >= 11 is 0. The van der Waals surface area contributed by atoms with Crippen LogP contribution < -0.4 is 0 Å². The van der Waals surface area contributed by atoms with Gasteiger partial charge in [-0.3, -0.25) is 0 Å². The maximum Gasteiger partial charge on any atom is 0.133 e. The summed E-state index contributed by atoms with van der Waals surface area (Å²) in [6, 6.07) is 11.9. The van der Waals surface area contributed by atoms with Gasteiger partial charge in [0, 0.05) is 12.0 Å². The second-order valence-electron chi connectivity index (χ2n) is 3.88. The van der Waals surface area contributed by atoms with Crippen LogP contribution in [0.4, 0.5) is 0 Å². The lowest BCUT2D eigenvalue weighted by Gasteiger charge is -2.02. The molecule has 0 unspecified atom stereocenters. The number of carbonyl (C=O) groups is 1. The van der Waals surface area contributed by atoms with E-state index in [9.17, 15) is 4.79 Å². The molecule has 2 heteroatoms. The van der Waals surface area contributed by atoms with Crippen molar-refractivity contribution >= 4 is 5.78 Å². The summed E-state index contributed by atoms with van der Waals surface area (Å²) in [5.41, 5.74) is 2.23. The van der Waals surface area contributed by atoms with Gasteiger partial charge in [0.05, 0.1) is 6.26 Å². The molecule has 0 amide bonds. The zero-order valence-electron chi connectivity index (χ0n) is 9.27. The van der Waals surface area contributed by atoms with Gasteiger partial charge < -0.3 is 9.21 Å². The Morgan fingerprint density at radius 1 is 1.24 bits per heavy atom. The molecule has 0 aliphatic carbocycles. The smallest absolute Gasteiger partial charge is 0.133 e. The van der Waals surface area contributed by atoms with Crippen LogP contribution in [-0.2, 0) is 11.2 Å². The number of carbonyl (C=O) groups excluding carboxylic acids is 1. The topological polar surface area (TPSA) is 30.2 Å². The van der Waals surface area contributed by atoms with Crippen LogP contribution in [-0.4, -0.2) is 5.78 Å². The van der Waals surface area contributed by atoms with Crippen molar-refractivity contribution in [3.05, 3.63) is 48.2 Å². The van der Waals surface area contributed by atoms with Crippen molar-refractivity contribution in [3.8, 4) is 11.3 Å². The summed E-state index contributed by atoms with van der Waals surface area (Å²) in [5.74, 6) is 1.09. The zero-order chi connectivity index (χ0) is 11.4. The number of aryl methyl sites for hydroxylation is 1. The van der Waals surface area contributed by atoms with Gasteiger partial charge in [-0.2, -0.15) is 0 Å². The van der Waals surface area contributed by atoms with E-state index in [1.54, 1.807) is 13.2 Å². The first-order valence-corrected chi connectivity index (χ1v) is 5.38. The summed E-state index contributed by atoms with van der Waals surface area (Å²) in [4.78, 5) is 10.9. The van der Waals surface area contributed by atoms with Gasteiger partial charge in [0.25, 0.3) is 0 Å². The highest BCUT2D eigenvalue weighted by atomic mass is 16.3. The van der Waals surface area contributed by atoms with E-state index in [4.69, 9.17) is 4.42 Å². The maximum atomic E-state index is 10.9. The fourth-order valence-electron chi connectivity index (χ4n) is 1.64. The molecule has 0 aliphatic heterocycles. The third-order valence-corrected chi connectivity index (χ3v) is 2.50. The summed E-state index contributed by atoms with van der Waals surface area (Å²) in [7, 11) is 0. The fourth-order valence-corrected chi connectivity index (χ4v) is 1.64. The minimum absolute atomic E-state index is 0. The first-order valence-electron chi connectivity index (χ1n) is 5.38. The molecule has 1 aromatic heterocycles. The van der Waals surface area contributed by atoms with Crippen LogP contribution in [0.5, 0.6) is 0 Å². The molecule has 0 atom stereocenters. The molecule has 2 rings (SSSR count). The predicted molar refractivity (Wildman–Crippen MR) is 69.9 cm³/mol. The monoisotopic (exact) mass is 230 g/mol. The second kappa shape index (κ2) is 6.04. The third kappa shape index (κ3) is 3.59. The van der Waals surface area contributed by atoms with Gasteiger partial charge in [-0.25, -0.2) is 0 Å². The molecular formula is C15H18O2. The van der Waals surface area contributed by atoms with Crippen LogP contribution >= 0.6 is 0 Å². The van der Waals surface area contributed by atoms with Gasteiger partial charge in [0.1, 0.15) is 11.5 Å². The molecule has 1 aromatic carbocycles. The van der Waals surface area contributed by atoms with Crippen LogP contribution in [0.1, 0.15) is 26.3 Å². The summed E-state index contributed by atoms with van der Waals surface area (Å²) in [6.45, 7) is 1.62. The number of benzene rings is 1. The van der Waals surface area contributed by atoms with E-state index in [1.807, 2.05) is 30.3 Å². The normalized spacial score (nSPS) is 9.71. The summed E-state index contributed by atoms with van der Waals surface area (Å²) in [5, 5.41) is 0. The lowest BCUT2D eigenvalue weighted by atomic mass is 10.0. The second-order valence-corrected chi connectivity index (χ2v) is 3.88. The molecule has 0 aliphatic rings. The molecule has 0 fully saturated rings. The Hall–Kier alpha value is -1.83. The Bertz CT molecular complexity index is 469. The van der Waals surface area contributed by atoms with Crippen LogP contribution in [0.15, 0.2) is 47.1 Å². The summed E-state index contributed by atoms with van der Waals surface area (Å²) < 4.78 is 5.33. The molecule has 1 heterocycles. The van der Waals surface area contributed by atoms with Crippen molar-refractivity contribution in [3.63, 3.8) is 0 Å². The van der Waals surface area contributed by atoms with Crippen LogP contribution in [0.2, 0.25) is 0 Å². The highest BCUT2D eigenvalue weighted by Crippen LogP contribution is 2.21. The standard InChI is InChI=1S/C14H14O2.CH4/c1-11(15)7-8-12-4-2-5-13(10-12)14-6-3-9-16-14;/h2-6,9-10H,7-8H2,1H3;1H4. The first-order chi connectivity index (χ1) is 7.75. The van der Waals surface area contributed by atoms with Crippen molar-refractivity contribution in [1.82, 2.24) is 0 Å². The summed E-state index contributed by atoms with van der Waals surface area (Å²) in [6.07, 6.45) is 3.06. The predicted octanol–water partition coefficient (Wildman–Crippen LogP) is 4.10. The number of Topliss-reactive ketones (excluding diaryl/α,β-unsaturated/α-hetero) is 1. The Kier molecular flexibility index (Phi) is 4.70. The highest BCUT2D eigenvalue weighted by molar-refractivity contribution is 5.75. The lowest BCUT2D eigenvalue weighted by molar-refractivity contribution is -0.116. The fraction of sp³-hybridized carbons (Fsp3) is 0.267. The number of furan rings is 1. The van der Waals surface area contributed by atoms with Crippen LogP contribution in [0.25, 0.3) is 11.3 Å². The molecule has 2 nitrogen and oxygen atoms in total. The Labute approximate surface area is 102 Å². The van der Waals surface area contributed by atoms with Gasteiger partial charge in [-0.1, -0.05) is 25.6 Å². The minimum atomic E-state index is 0. The molecule has 0 N–H and O–H groups in total. The molecule has 2 aromatic rings. The molecule has 0 spiro atoms. The Morgan fingerprint density at radius 3 is 2.71 bits per heavy atom. The molecule has 90 valence electrons. The van der Waals surface area contributed by atoms with Crippen LogP contribution in [0, 0.1) is 0 Å². The molecular weight excluding hydrogens is 212 g/mol. The molecule has 0 bridgehead atoms. The number of hydrogen-bond donors (Lipinski definition) is 0. The van der Waals surface area contributed by atoms with Crippen LogP contribution in [0.3, 0.4) is 0 Å². The van der Waals surface area contributed by atoms with Gasteiger partial charge in [-0.15, -0.1) is 0 Å². The molecule has 0 radical (unpaired) electrons. The third-order valence-electron chi connectivity index (χ3n) is 2.50. The van der Waals surface area contributed by atoms with E-state index in [0.717, 1.165) is 17.7 Å². The number of hydrogen-bond acceptors (Lipinski definition) is 2. The largest absolute Gasteiger partial charge is 0.464 e. The highest BCUT2D eigenvalue weighted by Gasteiger charge is 2.02. The first kappa shape index (κ1) is 13.2. The van der Waals surface area contributed by atoms with Crippen molar-refractivity contribution in [1.29, 1.82) is 0 Å². The zero-order valence-corrected chi connectivity index (χ0v) is 9.27. The lowest BCUT2D eigenvalue weighted by Crippen LogP contribution is -1.93. The average molecular weight is 230 g/mol. The van der Waals surface area contributed by atoms with Crippen molar-refractivity contribution < 1.29 is 9.21 Å². The molecule has 0 saturated heterocycles. The Balaban J connectivity index is 0.00000144. The van der Waals surface area contributed by atoms with E-state index < -0.39 is 0 Å². The van der Waals surface area contributed by atoms with E-state index in [-0.39, 0.29) is 13.2 Å². The number of rotatable bonds is 4. The van der Waals surface area contributed by atoms with Gasteiger partial charge in [0.15, 0.2) is 0 Å². The van der Waals surface area contributed by atoms with E-state index in [1.165, 1.54) is 5.56 Å². The van der Waals surface area contributed by atoms with E-state index in [2.05, 4.69) is 6.07 Å². The van der Waals surface area contributed by atoms with Gasteiger partial charge in [-0.05, 0) is 37.1 Å². The average Bonchev–Trinajstić information content (AvgIpc) is 2.80. The number of ketones is 1.